The Morgan fingerprint density at radius 2 is 1.85 bits per heavy atom. The minimum absolute atomic E-state index is 0.216. The second kappa shape index (κ2) is 7.72. The van der Waals surface area contributed by atoms with Gasteiger partial charge in [-0.05, 0) is 24.6 Å². The number of quaternary nitrogens is 1. The topological polar surface area (TPSA) is 17.1 Å². The van der Waals surface area contributed by atoms with E-state index >= 15 is 0 Å². The number of carbonyl (C=O) groups excluding carboxylic acids is 1. The molecule has 2 aromatic rings. The summed E-state index contributed by atoms with van der Waals surface area (Å²) in [4.78, 5) is 13.5. The lowest BCUT2D eigenvalue weighted by atomic mass is 9.76. The summed E-state index contributed by atoms with van der Waals surface area (Å²) in [5, 5.41) is 0.938. The highest BCUT2D eigenvalue weighted by Crippen LogP contribution is 2.42. The maximum Gasteiger partial charge on any atom is 0.174 e. The largest absolute Gasteiger partial charge is 0.321 e. The van der Waals surface area contributed by atoms with E-state index in [4.69, 9.17) is 23.2 Å². The number of nitrogens with zero attached hydrogens (tertiary/aromatic N) is 1. The quantitative estimate of drug-likeness (QED) is 0.435. The molecule has 0 bridgehead atoms. The van der Waals surface area contributed by atoms with Crippen molar-refractivity contribution >= 4 is 29.0 Å². The molecular weight excluding hydrogens is 365 g/mol. The summed E-state index contributed by atoms with van der Waals surface area (Å²) in [5.41, 5.74) is 1.69. The summed E-state index contributed by atoms with van der Waals surface area (Å²) in [6, 6.07) is 15.8. The fourth-order valence-electron chi connectivity index (χ4n) is 4.46. The summed E-state index contributed by atoms with van der Waals surface area (Å²) in [6.45, 7) is 5.00. The van der Waals surface area contributed by atoms with Crippen LogP contribution < -0.4 is 0 Å². The predicted molar refractivity (Wildman–Crippen MR) is 109 cm³/mol. The maximum atomic E-state index is 13.5. The minimum atomic E-state index is -0.310. The lowest BCUT2D eigenvalue weighted by Crippen LogP contribution is -2.44. The number of benzene rings is 2. The van der Waals surface area contributed by atoms with Crippen LogP contribution in [0.25, 0.3) is 0 Å². The SMILES string of the molecule is CCCC1(C(=O)c2ccc(Cl)c(Cl)c2)CC[N+](C)(Cc2ccccc2)C1. The van der Waals surface area contributed by atoms with Crippen molar-refractivity contribution in [1.29, 1.82) is 0 Å². The van der Waals surface area contributed by atoms with E-state index in [9.17, 15) is 4.79 Å². The molecule has 138 valence electrons. The maximum absolute atomic E-state index is 13.5. The molecule has 2 nitrogen and oxygen atoms in total. The molecule has 0 radical (unpaired) electrons. The van der Waals surface area contributed by atoms with Gasteiger partial charge in [-0.25, -0.2) is 0 Å². The van der Waals surface area contributed by atoms with E-state index < -0.39 is 0 Å². The molecular formula is C22H26Cl2NO+. The third-order valence-electron chi connectivity index (χ3n) is 5.61. The molecule has 1 aliphatic rings. The van der Waals surface area contributed by atoms with E-state index in [1.807, 2.05) is 12.1 Å². The van der Waals surface area contributed by atoms with Crippen molar-refractivity contribution in [2.75, 3.05) is 20.1 Å². The van der Waals surface area contributed by atoms with E-state index in [1.165, 1.54) is 5.56 Å². The molecule has 1 heterocycles. The van der Waals surface area contributed by atoms with Crippen molar-refractivity contribution in [2.45, 2.75) is 32.7 Å². The second-order valence-corrected chi connectivity index (χ2v) is 8.70. The monoisotopic (exact) mass is 390 g/mol. The highest BCUT2D eigenvalue weighted by Gasteiger charge is 2.50. The Hall–Kier alpha value is -1.35. The Bertz CT molecular complexity index is 792. The van der Waals surface area contributed by atoms with Gasteiger partial charge in [-0.15, -0.1) is 0 Å². The Morgan fingerprint density at radius 3 is 2.50 bits per heavy atom. The van der Waals surface area contributed by atoms with E-state index in [2.05, 4.69) is 38.2 Å². The molecule has 2 aromatic carbocycles. The summed E-state index contributed by atoms with van der Waals surface area (Å²) in [5.74, 6) is 0.216. The van der Waals surface area contributed by atoms with Gasteiger partial charge in [-0.3, -0.25) is 4.79 Å². The van der Waals surface area contributed by atoms with Gasteiger partial charge in [0.25, 0.3) is 0 Å². The molecule has 2 atom stereocenters. The molecule has 0 saturated carbocycles. The van der Waals surface area contributed by atoms with Crippen LogP contribution in [0.4, 0.5) is 0 Å². The zero-order chi connectivity index (χ0) is 18.8. The fourth-order valence-corrected chi connectivity index (χ4v) is 4.76. The number of hydrogen-bond donors (Lipinski definition) is 0. The van der Waals surface area contributed by atoms with Gasteiger partial charge in [0, 0.05) is 17.5 Å². The molecule has 1 aliphatic heterocycles. The minimum Gasteiger partial charge on any atom is -0.321 e. The van der Waals surface area contributed by atoms with Gasteiger partial charge in [0.15, 0.2) is 5.78 Å². The summed E-state index contributed by atoms with van der Waals surface area (Å²) < 4.78 is 0.900. The number of Topliss-reactive ketones (excluding diaryl/α,β-unsaturated/α-hetero) is 1. The van der Waals surface area contributed by atoms with Gasteiger partial charge in [0.1, 0.15) is 6.54 Å². The van der Waals surface area contributed by atoms with Crippen LogP contribution in [0.2, 0.25) is 10.0 Å². The average molecular weight is 391 g/mol. The fraction of sp³-hybridized carbons (Fsp3) is 0.409. The summed E-state index contributed by atoms with van der Waals surface area (Å²) in [6.07, 6.45) is 2.83. The molecule has 26 heavy (non-hydrogen) atoms. The van der Waals surface area contributed by atoms with Crippen LogP contribution in [0.15, 0.2) is 48.5 Å². The molecule has 0 amide bonds. The van der Waals surface area contributed by atoms with Gasteiger partial charge in [-0.1, -0.05) is 66.9 Å². The lowest BCUT2D eigenvalue weighted by molar-refractivity contribution is -0.913. The predicted octanol–water partition coefficient (Wildman–Crippen LogP) is 6.01. The van der Waals surface area contributed by atoms with E-state index in [0.29, 0.717) is 15.6 Å². The van der Waals surface area contributed by atoms with Gasteiger partial charge >= 0.3 is 0 Å². The Balaban J connectivity index is 1.86. The normalized spacial score (nSPS) is 25.4. The van der Waals surface area contributed by atoms with Crippen LogP contribution in [0.1, 0.15) is 42.1 Å². The first-order valence-corrected chi connectivity index (χ1v) is 10.0. The number of rotatable bonds is 6. The standard InChI is InChI=1S/C22H26Cl2NO/c1-3-11-22(21(26)18-9-10-19(23)20(24)14-18)12-13-25(2,16-22)15-17-7-5-4-6-8-17/h4-10,14H,3,11-13,15-16H2,1-2H3/q+1. The third-order valence-corrected chi connectivity index (χ3v) is 6.35. The van der Waals surface area contributed by atoms with Gasteiger partial charge in [0.2, 0.25) is 0 Å². The number of halogens is 2. The molecule has 3 rings (SSSR count). The van der Waals surface area contributed by atoms with Crippen molar-refractivity contribution in [3.05, 3.63) is 69.7 Å². The van der Waals surface area contributed by atoms with E-state index in [0.717, 1.165) is 43.4 Å². The van der Waals surface area contributed by atoms with Crippen molar-refractivity contribution in [3.8, 4) is 0 Å². The summed E-state index contributed by atoms with van der Waals surface area (Å²) >= 11 is 12.2. The lowest BCUT2D eigenvalue weighted by Gasteiger charge is -2.33. The summed E-state index contributed by atoms with van der Waals surface area (Å²) in [7, 11) is 2.27. The van der Waals surface area contributed by atoms with Crippen molar-refractivity contribution in [2.24, 2.45) is 5.41 Å². The van der Waals surface area contributed by atoms with Crippen LogP contribution in [-0.4, -0.2) is 30.4 Å². The number of carbonyl (C=O) groups is 1. The van der Waals surface area contributed by atoms with Crippen LogP contribution in [0.3, 0.4) is 0 Å². The van der Waals surface area contributed by atoms with Crippen LogP contribution >= 0.6 is 23.2 Å². The second-order valence-electron chi connectivity index (χ2n) is 7.88. The van der Waals surface area contributed by atoms with Crippen molar-refractivity contribution in [3.63, 3.8) is 0 Å². The van der Waals surface area contributed by atoms with Gasteiger partial charge in [0.05, 0.1) is 35.6 Å². The molecule has 4 heteroatoms. The molecule has 2 unspecified atom stereocenters. The van der Waals surface area contributed by atoms with E-state index in [-0.39, 0.29) is 11.2 Å². The van der Waals surface area contributed by atoms with Crippen LogP contribution in [0.5, 0.6) is 0 Å². The molecule has 1 saturated heterocycles. The zero-order valence-electron chi connectivity index (χ0n) is 15.5. The Labute approximate surface area is 166 Å². The first kappa shape index (κ1) is 19.4. The Kier molecular flexibility index (Phi) is 5.76. The third kappa shape index (κ3) is 3.98. The number of likely N-dealkylation sites (tertiary alicyclic amines) is 1. The number of ketones is 1. The number of hydrogen-bond acceptors (Lipinski definition) is 1. The smallest absolute Gasteiger partial charge is 0.174 e. The molecule has 1 fully saturated rings. The highest BCUT2D eigenvalue weighted by molar-refractivity contribution is 6.42. The Morgan fingerprint density at radius 1 is 1.12 bits per heavy atom. The first-order valence-electron chi connectivity index (χ1n) is 9.25. The average Bonchev–Trinajstić information content (AvgIpc) is 2.95. The van der Waals surface area contributed by atoms with Gasteiger partial charge in [-0.2, -0.15) is 0 Å². The van der Waals surface area contributed by atoms with Crippen molar-refractivity contribution in [1.82, 2.24) is 0 Å². The molecule has 0 aromatic heterocycles. The van der Waals surface area contributed by atoms with Crippen molar-refractivity contribution < 1.29 is 9.28 Å². The van der Waals surface area contributed by atoms with Crippen LogP contribution in [-0.2, 0) is 6.54 Å². The first-order chi connectivity index (χ1) is 12.4. The molecule has 0 N–H and O–H groups in total. The molecule has 0 spiro atoms. The van der Waals surface area contributed by atoms with Crippen LogP contribution in [0, 0.1) is 5.41 Å². The molecule has 0 aliphatic carbocycles. The highest BCUT2D eigenvalue weighted by atomic mass is 35.5. The zero-order valence-corrected chi connectivity index (χ0v) is 17.0. The van der Waals surface area contributed by atoms with E-state index in [1.54, 1.807) is 12.1 Å². The van der Waals surface area contributed by atoms with Gasteiger partial charge < -0.3 is 4.48 Å².